The van der Waals surface area contributed by atoms with Crippen molar-refractivity contribution in [3.8, 4) is 0 Å². The number of ether oxygens (including phenoxy) is 1. The molecule has 0 bridgehead atoms. The molecule has 1 saturated carbocycles. The smallest absolute Gasteiger partial charge is 0.319 e. The van der Waals surface area contributed by atoms with Crippen molar-refractivity contribution in [2.24, 2.45) is 0 Å². The third-order valence-corrected chi connectivity index (χ3v) is 4.84. The molecule has 0 atom stereocenters. The van der Waals surface area contributed by atoms with E-state index in [9.17, 15) is 9.59 Å². The van der Waals surface area contributed by atoms with Crippen LogP contribution in [0.25, 0.3) is 0 Å². The first-order valence-corrected chi connectivity index (χ1v) is 9.23. The molecule has 7 nitrogen and oxygen atoms in total. The SMILES string of the molecule is CC(C)(CNC(=O)Nc1cccc(C(=O)NC2CC2)c1)N1CCOCC1. The predicted molar refractivity (Wildman–Crippen MR) is 100 cm³/mol. The zero-order valence-electron chi connectivity index (χ0n) is 15.5. The minimum Gasteiger partial charge on any atom is -0.379 e. The maximum atomic E-state index is 12.2. The van der Waals surface area contributed by atoms with Crippen LogP contribution in [0.5, 0.6) is 0 Å². The fourth-order valence-electron chi connectivity index (χ4n) is 2.99. The van der Waals surface area contributed by atoms with Crippen molar-refractivity contribution >= 4 is 17.6 Å². The minimum atomic E-state index is -0.272. The van der Waals surface area contributed by atoms with Gasteiger partial charge >= 0.3 is 6.03 Å². The van der Waals surface area contributed by atoms with Crippen molar-refractivity contribution in [3.63, 3.8) is 0 Å². The largest absolute Gasteiger partial charge is 0.379 e. The minimum absolute atomic E-state index is 0.0926. The van der Waals surface area contributed by atoms with E-state index in [0.717, 1.165) is 39.1 Å². The summed E-state index contributed by atoms with van der Waals surface area (Å²) < 4.78 is 5.38. The first-order chi connectivity index (χ1) is 12.4. The van der Waals surface area contributed by atoms with Gasteiger partial charge in [-0.2, -0.15) is 0 Å². The van der Waals surface area contributed by atoms with Gasteiger partial charge in [0.25, 0.3) is 5.91 Å². The number of nitrogens with one attached hydrogen (secondary N) is 3. The van der Waals surface area contributed by atoms with Gasteiger partial charge in [0, 0.05) is 42.5 Å². The molecule has 0 radical (unpaired) electrons. The summed E-state index contributed by atoms with van der Waals surface area (Å²) in [6.07, 6.45) is 2.09. The molecule has 3 N–H and O–H groups in total. The third kappa shape index (κ3) is 5.19. The van der Waals surface area contributed by atoms with E-state index in [1.165, 1.54) is 0 Å². The molecule has 2 fully saturated rings. The van der Waals surface area contributed by atoms with Gasteiger partial charge in [-0.1, -0.05) is 6.07 Å². The van der Waals surface area contributed by atoms with E-state index < -0.39 is 0 Å². The van der Waals surface area contributed by atoms with Gasteiger partial charge in [-0.25, -0.2) is 4.79 Å². The van der Waals surface area contributed by atoms with E-state index in [-0.39, 0.29) is 17.5 Å². The molecule has 1 aromatic carbocycles. The average molecular weight is 360 g/mol. The molecule has 26 heavy (non-hydrogen) atoms. The molecule has 1 aliphatic carbocycles. The molecule has 3 rings (SSSR count). The lowest BCUT2D eigenvalue weighted by atomic mass is 10.0. The van der Waals surface area contributed by atoms with Gasteiger partial charge in [-0.15, -0.1) is 0 Å². The molecular weight excluding hydrogens is 332 g/mol. The summed E-state index contributed by atoms with van der Waals surface area (Å²) in [4.78, 5) is 26.7. The van der Waals surface area contributed by atoms with Crippen molar-refractivity contribution in [2.75, 3.05) is 38.2 Å². The zero-order chi connectivity index (χ0) is 18.6. The van der Waals surface area contributed by atoms with E-state index in [4.69, 9.17) is 4.74 Å². The van der Waals surface area contributed by atoms with E-state index >= 15 is 0 Å². The molecule has 7 heteroatoms. The van der Waals surface area contributed by atoms with Gasteiger partial charge in [0.05, 0.1) is 13.2 Å². The van der Waals surface area contributed by atoms with Crippen molar-refractivity contribution < 1.29 is 14.3 Å². The molecule has 0 spiro atoms. The van der Waals surface area contributed by atoms with E-state index in [2.05, 4.69) is 34.7 Å². The monoisotopic (exact) mass is 360 g/mol. The topological polar surface area (TPSA) is 82.7 Å². The van der Waals surface area contributed by atoms with Crippen LogP contribution in [0, 0.1) is 0 Å². The number of nitrogens with zero attached hydrogens (tertiary/aromatic N) is 1. The van der Waals surface area contributed by atoms with Gasteiger partial charge < -0.3 is 20.7 Å². The van der Waals surface area contributed by atoms with Gasteiger partial charge in [0.1, 0.15) is 0 Å². The Bertz CT molecular complexity index is 652. The van der Waals surface area contributed by atoms with Gasteiger partial charge in [0.2, 0.25) is 0 Å². The highest BCUT2D eigenvalue weighted by Gasteiger charge is 2.28. The summed E-state index contributed by atoms with van der Waals surface area (Å²) in [7, 11) is 0. The van der Waals surface area contributed by atoms with Crippen LogP contribution < -0.4 is 16.0 Å². The molecule has 2 aliphatic rings. The quantitative estimate of drug-likeness (QED) is 0.723. The molecule has 3 amide bonds. The molecular formula is C19H28N4O3. The molecule has 0 unspecified atom stereocenters. The normalized spacial score (nSPS) is 18.2. The highest BCUT2D eigenvalue weighted by molar-refractivity contribution is 5.97. The van der Waals surface area contributed by atoms with Gasteiger partial charge in [-0.05, 0) is 44.9 Å². The lowest BCUT2D eigenvalue weighted by molar-refractivity contribution is -0.00863. The second-order valence-corrected chi connectivity index (χ2v) is 7.55. The van der Waals surface area contributed by atoms with Crippen molar-refractivity contribution in [1.29, 1.82) is 0 Å². The van der Waals surface area contributed by atoms with Crippen LogP contribution in [0.2, 0.25) is 0 Å². The number of benzene rings is 1. The number of morpholine rings is 1. The summed E-state index contributed by atoms with van der Waals surface area (Å²) in [5, 5.41) is 8.68. The number of anilines is 1. The van der Waals surface area contributed by atoms with Crippen LogP contribution in [0.4, 0.5) is 10.5 Å². The summed E-state index contributed by atoms with van der Waals surface area (Å²) in [6.45, 7) is 7.95. The number of urea groups is 1. The Labute approximate surface area is 154 Å². The first kappa shape index (κ1) is 18.7. The van der Waals surface area contributed by atoms with Crippen molar-refractivity contribution in [3.05, 3.63) is 29.8 Å². The second kappa shape index (κ2) is 8.05. The predicted octanol–water partition coefficient (Wildman–Crippen LogP) is 1.81. The Morgan fingerprint density at radius 1 is 1.23 bits per heavy atom. The summed E-state index contributed by atoms with van der Waals surface area (Å²) >= 11 is 0. The van der Waals surface area contributed by atoms with Crippen LogP contribution in [-0.2, 0) is 4.74 Å². The Morgan fingerprint density at radius 3 is 2.65 bits per heavy atom. The molecule has 1 aliphatic heterocycles. The number of carbonyl (C=O) groups is 2. The second-order valence-electron chi connectivity index (χ2n) is 7.55. The highest BCUT2D eigenvalue weighted by Crippen LogP contribution is 2.20. The van der Waals surface area contributed by atoms with E-state index in [1.807, 2.05) is 0 Å². The summed E-state index contributed by atoms with van der Waals surface area (Å²) in [5.41, 5.74) is 1.02. The Hall–Kier alpha value is -2.12. The van der Waals surface area contributed by atoms with Gasteiger partial charge in [-0.3, -0.25) is 9.69 Å². The molecule has 1 heterocycles. The Kier molecular flexibility index (Phi) is 5.78. The lowest BCUT2D eigenvalue weighted by Gasteiger charge is -2.40. The fraction of sp³-hybridized carbons (Fsp3) is 0.579. The van der Waals surface area contributed by atoms with E-state index in [1.54, 1.807) is 24.3 Å². The van der Waals surface area contributed by atoms with Crippen LogP contribution in [0.1, 0.15) is 37.0 Å². The number of amides is 3. The standard InChI is InChI=1S/C19H28N4O3/c1-19(2,23-8-10-26-11-9-23)13-20-18(25)22-16-5-3-4-14(12-16)17(24)21-15-6-7-15/h3-5,12,15H,6-11,13H2,1-2H3,(H,21,24)(H2,20,22,25). The average Bonchev–Trinajstić information content (AvgIpc) is 3.45. The number of hydrogen-bond acceptors (Lipinski definition) is 4. The van der Waals surface area contributed by atoms with Crippen LogP contribution in [0.3, 0.4) is 0 Å². The fourth-order valence-corrected chi connectivity index (χ4v) is 2.99. The van der Waals surface area contributed by atoms with Crippen molar-refractivity contribution in [1.82, 2.24) is 15.5 Å². The molecule has 1 saturated heterocycles. The van der Waals surface area contributed by atoms with E-state index in [0.29, 0.717) is 23.8 Å². The molecule has 1 aromatic rings. The Morgan fingerprint density at radius 2 is 1.96 bits per heavy atom. The first-order valence-electron chi connectivity index (χ1n) is 9.23. The van der Waals surface area contributed by atoms with Crippen LogP contribution in [0.15, 0.2) is 24.3 Å². The summed E-state index contributed by atoms with van der Waals surface area (Å²) in [5.74, 6) is -0.0926. The number of hydrogen-bond donors (Lipinski definition) is 3. The maximum absolute atomic E-state index is 12.2. The third-order valence-electron chi connectivity index (χ3n) is 4.84. The lowest BCUT2D eigenvalue weighted by Crippen LogP contribution is -2.55. The number of rotatable bonds is 6. The number of carbonyl (C=O) groups excluding carboxylic acids is 2. The summed E-state index contributed by atoms with van der Waals surface area (Å²) in [6, 6.07) is 7.04. The van der Waals surface area contributed by atoms with Crippen molar-refractivity contribution in [2.45, 2.75) is 38.3 Å². The zero-order valence-corrected chi connectivity index (χ0v) is 15.5. The molecule has 0 aromatic heterocycles. The molecule has 142 valence electrons. The van der Waals surface area contributed by atoms with Crippen LogP contribution in [-0.4, -0.2) is 61.3 Å². The van der Waals surface area contributed by atoms with Crippen LogP contribution >= 0.6 is 0 Å². The van der Waals surface area contributed by atoms with Gasteiger partial charge in [0.15, 0.2) is 0 Å². The highest BCUT2D eigenvalue weighted by atomic mass is 16.5. The Balaban J connectivity index is 1.50. The maximum Gasteiger partial charge on any atom is 0.319 e.